The van der Waals surface area contributed by atoms with Gasteiger partial charge in [0.05, 0.1) is 0 Å². The average molecular weight is 423 g/mol. The van der Waals surface area contributed by atoms with Crippen molar-refractivity contribution in [3.63, 3.8) is 0 Å². The van der Waals surface area contributed by atoms with Crippen molar-refractivity contribution < 1.29 is 19.4 Å². The first kappa shape index (κ1) is 21.4. The van der Waals surface area contributed by atoms with Crippen molar-refractivity contribution in [2.24, 2.45) is 0 Å². The summed E-state index contributed by atoms with van der Waals surface area (Å²) in [6, 6.07) is 17.8. The molecule has 6 heteroatoms. The third-order valence-electron chi connectivity index (χ3n) is 4.64. The van der Waals surface area contributed by atoms with Crippen LogP contribution in [0.25, 0.3) is 0 Å². The third-order valence-corrected chi connectivity index (χ3v) is 4.87. The van der Waals surface area contributed by atoms with Crippen molar-refractivity contribution in [2.75, 3.05) is 5.32 Å². The van der Waals surface area contributed by atoms with Gasteiger partial charge in [0, 0.05) is 28.7 Å². The Morgan fingerprint density at radius 3 is 2.47 bits per heavy atom. The third kappa shape index (κ3) is 5.61. The second kappa shape index (κ2) is 9.46. The summed E-state index contributed by atoms with van der Waals surface area (Å²) in [5.74, 6) is -0.834. The van der Waals surface area contributed by atoms with Gasteiger partial charge in [0.2, 0.25) is 0 Å². The minimum Gasteiger partial charge on any atom is -0.550 e. The van der Waals surface area contributed by atoms with Gasteiger partial charge in [0.1, 0.15) is 12.4 Å². The zero-order chi connectivity index (χ0) is 21.7. The minimum atomic E-state index is -1.14. The molecule has 3 rings (SSSR count). The van der Waals surface area contributed by atoms with Gasteiger partial charge in [-0.3, -0.25) is 4.79 Å². The Bertz CT molecular complexity index is 1090. The first-order valence-electron chi connectivity index (χ1n) is 9.40. The molecule has 0 unspecified atom stereocenters. The fourth-order valence-electron chi connectivity index (χ4n) is 3.06. The maximum Gasteiger partial charge on any atom is 0.256 e. The Hall–Kier alpha value is -3.31. The predicted octanol–water partition coefficient (Wildman–Crippen LogP) is 4.08. The van der Waals surface area contributed by atoms with Crippen LogP contribution in [0.15, 0.2) is 60.7 Å². The molecule has 30 heavy (non-hydrogen) atoms. The number of carbonyl (C=O) groups is 2. The quantitative estimate of drug-likeness (QED) is 0.622. The highest BCUT2D eigenvalue weighted by Crippen LogP contribution is 2.22. The molecule has 0 radical (unpaired) electrons. The molecule has 1 N–H and O–H groups in total. The lowest BCUT2D eigenvalue weighted by molar-refractivity contribution is -0.304. The van der Waals surface area contributed by atoms with Crippen LogP contribution in [0.4, 0.5) is 5.69 Å². The van der Waals surface area contributed by atoms with Crippen LogP contribution in [-0.4, -0.2) is 11.9 Å². The molecule has 3 aromatic rings. The van der Waals surface area contributed by atoms with E-state index >= 15 is 0 Å². The molecule has 5 nitrogen and oxygen atoms in total. The van der Waals surface area contributed by atoms with Crippen LogP contribution in [-0.2, 0) is 17.8 Å². The Morgan fingerprint density at radius 2 is 1.77 bits per heavy atom. The van der Waals surface area contributed by atoms with Gasteiger partial charge < -0.3 is 20.0 Å². The van der Waals surface area contributed by atoms with Gasteiger partial charge in [-0.05, 0) is 66.4 Å². The van der Waals surface area contributed by atoms with Crippen LogP contribution in [0.2, 0.25) is 5.02 Å². The fourth-order valence-corrected chi connectivity index (χ4v) is 3.27. The highest BCUT2D eigenvalue weighted by atomic mass is 35.5. The molecular formula is C24H21ClNO4-. The number of anilines is 1. The van der Waals surface area contributed by atoms with E-state index in [1.165, 1.54) is 0 Å². The van der Waals surface area contributed by atoms with Crippen molar-refractivity contribution in [1.82, 2.24) is 0 Å². The van der Waals surface area contributed by atoms with Crippen molar-refractivity contribution in [3.05, 3.63) is 93.5 Å². The van der Waals surface area contributed by atoms with Crippen LogP contribution >= 0.6 is 11.6 Å². The molecule has 154 valence electrons. The molecule has 0 spiro atoms. The maximum absolute atomic E-state index is 12.8. The molecule has 0 atom stereocenters. The summed E-state index contributed by atoms with van der Waals surface area (Å²) >= 11 is 6.00. The summed E-state index contributed by atoms with van der Waals surface area (Å²) in [6.45, 7) is 4.00. The molecule has 1 amide bonds. The summed E-state index contributed by atoms with van der Waals surface area (Å²) in [5.41, 5.74) is 4.25. The number of nitrogens with one attached hydrogen (secondary N) is 1. The molecule has 0 aliphatic rings. The zero-order valence-electron chi connectivity index (χ0n) is 16.7. The fraction of sp³-hybridized carbons (Fsp3) is 0.167. The average Bonchev–Trinajstić information content (AvgIpc) is 2.69. The number of amides is 1. The molecular weight excluding hydrogens is 402 g/mol. The molecule has 0 heterocycles. The lowest BCUT2D eigenvalue weighted by Gasteiger charge is -2.13. The van der Waals surface area contributed by atoms with Crippen molar-refractivity contribution in [1.29, 1.82) is 0 Å². The van der Waals surface area contributed by atoms with E-state index in [1.807, 2.05) is 44.2 Å². The highest BCUT2D eigenvalue weighted by molar-refractivity contribution is 6.30. The number of ether oxygens (including phenoxy) is 1. The van der Waals surface area contributed by atoms with Crippen LogP contribution in [0.5, 0.6) is 5.75 Å². The number of carboxylic acids is 1. The predicted molar refractivity (Wildman–Crippen MR) is 115 cm³/mol. The van der Waals surface area contributed by atoms with Gasteiger partial charge in [-0.15, -0.1) is 0 Å². The van der Waals surface area contributed by atoms with Crippen LogP contribution in [0.1, 0.15) is 32.6 Å². The first-order chi connectivity index (χ1) is 14.3. The van der Waals surface area contributed by atoms with E-state index in [0.717, 1.165) is 16.7 Å². The van der Waals surface area contributed by atoms with Crippen LogP contribution < -0.4 is 15.2 Å². The Balaban J connectivity index is 1.72. The van der Waals surface area contributed by atoms with Gasteiger partial charge in [-0.1, -0.05) is 41.9 Å². The molecule has 3 aromatic carbocycles. The molecule has 0 bridgehead atoms. The van der Waals surface area contributed by atoms with Gasteiger partial charge in [0.25, 0.3) is 5.91 Å². The molecule has 0 aliphatic heterocycles. The Morgan fingerprint density at radius 1 is 0.967 bits per heavy atom. The Kier molecular flexibility index (Phi) is 6.75. The molecule has 0 aromatic heterocycles. The number of halogens is 1. The Labute approximate surface area is 180 Å². The largest absolute Gasteiger partial charge is 0.550 e. The summed E-state index contributed by atoms with van der Waals surface area (Å²) in [7, 11) is 0. The molecule has 0 saturated carbocycles. The molecule has 0 saturated heterocycles. The summed E-state index contributed by atoms with van der Waals surface area (Å²) < 4.78 is 5.82. The minimum absolute atomic E-state index is 0.166. The van der Waals surface area contributed by atoms with E-state index in [0.29, 0.717) is 34.2 Å². The van der Waals surface area contributed by atoms with Gasteiger partial charge in [-0.25, -0.2) is 0 Å². The number of hydrogen-bond donors (Lipinski definition) is 1. The number of rotatable bonds is 7. The number of hydrogen-bond acceptors (Lipinski definition) is 4. The van der Waals surface area contributed by atoms with E-state index in [9.17, 15) is 14.7 Å². The number of carboxylic acid groups (broad SMARTS) is 1. The molecule has 0 aliphatic carbocycles. The van der Waals surface area contributed by atoms with Crippen molar-refractivity contribution >= 4 is 29.2 Å². The monoisotopic (exact) mass is 422 g/mol. The van der Waals surface area contributed by atoms with Gasteiger partial charge in [0.15, 0.2) is 0 Å². The summed E-state index contributed by atoms with van der Waals surface area (Å²) in [6.07, 6.45) is -0.166. The highest BCUT2D eigenvalue weighted by Gasteiger charge is 2.13. The van der Waals surface area contributed by atoms with E-state index in [1.54, 1.807) is 30.3 Å². The lowest BCUT2D eigenvalue weighted by atomic mass is 10.1. The normalized spacial score (nSPS) is 10.5. The lowest BCUT2D eigenvalue weighted by Crippen LogP contribution is -2.24. The van der Waals surface area contributed by atoms with Crippen molar-refractivity contribution in [3.8, 4) is 5.75 Å². The van der Waals surface area contributed by atoms with E-state index in [4.69, 9.17) is 16.3 Å². The van der Waals surface area contributed by atoms with E-state index < -0.39 is 5.97 Å². The van der Waals surface area contributed by atoms with Crippen LogP contribution in [0.3, 0.4) is 0 Å². The van der Waals surface area contributed by atoms with Crippen LogP contribution in [0, 0.1) is 13.8 Å². The van der Waals surface area contributed by atoms with Crippen molar-refractivity contribution in [2.45, 2.75) is 26.9 Å². The number of benzene rings is 3. The molecule has 0 fully saturated rings. The van der Waals surface area contributed by atoms with Gasteiger partial charge in [-0.2, -0.15) is 0 Å². The summed E-state index contributed by atoms with van der Waals surface area (Å²) in [5, 5.41) is 14.3. The second-order valence-corrected chi connectivity index (χ2v) is 7.48. The number of carbonyl (C=O) groups excluding carboxylic acids is 2. The first-order valence-corrected chi connectivity index (χ1v) is 9.78. The zero-order valence-corrected chi connectivity index (χ0v) is 17.5. The van der Waals surface area contributed by atoms with E-state index in [-0.39, 0.29) is 12.3 Å². The van der Waals surface area contributed by atoms with Gasteiger partial charge >= 0.3 is 0 Å². The topological polar surface area (TPSA) is 78.5 Å². The standard InChI is InChI=1S/C24H22ClNO4/c1-15-6-8-20(30-14-18-4-3-5-19(25)11-18)13-21(15)24(29)26-22-9-7-17(10-16(22)2)12-23(27)28/h3-11,13H,12,14H2,1-2H3,(H,26,29)(H,27,28)/p-1. The second-order valence-electron chi connectivity index (χ2n) is 7.05. The smallest absolute Gasteiger partial charge is 0.256 e. The van der Waals surface area contributed by atoms with E-state index in [2.05, 4.69) is 5.32 Å². The SMILES string of the molecule is Cc1cc(CC(=O)[O-])ccc1NC(=O)c1cc(OCc2cccc(Cl)c2)ccc1C. The number of aliphatic carboxylic acids is 1. The maximum atomic E-state index is 12.8. The summed E-state index contributed by atoms with van der Waals surface area (Å²) in [4.78, 5) is 23.6. The number of aryl methyl sites for hydroxylation is 2.